The molecule has 0 spiro atoms. The van der Waals surface area contributed by atoms with Crippen molar-refractivity contribution >= 4 is 29.3 Å². The number of nitrogens with zero attached hydrogens (tertiary/aromatic N) is 2. The maximum Gasteiger partial charge on any atom is 0.223 e. The van der Waals surface area contributed by atoms with Crippen molar-refractivity contribution in [2.75, 3.05) is 12.4 Å². The molecule has 18 heavy (non-hydrogen) atoms. The molecule has 1 aromatic heterocycles. The summed E-state index contributed by atoms with van der Waals surface area (Å²) in [6.07, 6.45) is 1.42. The van der Waals surface area contributed by atoms with Crippen LogP contribution in [-0.4, -0.2) is 17.0 Å². The van der Waals surface area contributed by atoms with Gasteiger partial charge in [0.2, 0.25) is 5.95 Å². The average molecular weight is 288 g/mol. The van der Waals surface area contributed by atoms with Gasteiger partial charge < -0.3 is 5.32 Å². The molecule has 0 radical (unpaired) electrons. The van der Waals surface area contributed by atoms with Crippen molar-refractivity contribution < 1.29 is 8.78 Å². The highest BCUT2D eigenvalue weighted by atomic mass is 35.5. The number of rotatable bonds is 3. The van der Waals surface area contributed by atoms with E-state index in [0.717, 1.165) is 17.8 Å². The number of hydrogen-bond donors (Lipinski definition) is 1. The fourth-order valence-electron chi connectivity index (χ4n) is 1.21. The van der Waals surface area contributed by atoms with E-state index in [9.17, 15) is 8.78 Å². The van der Waals surface area contributed by atoms with Crippen LogP contribution in [0.25, 0.3) is 0 Å². The van der Waals surface area contributed by atoms with Gasteiger partial charge in [0.1, 0.15) is 16.7 Å². The summed E-state index contributed by atoms with van der Waals surface area (Å²) in [6.45, 7) is 0. The van der Waals surface area contributed by atoms with E-state index in [1.165, 1.54) is 18.3 Å². The Kier molecular flexibility index (Phi) is 3.98. The Labute approximate surface area is 112 Å². The largest absolute Gasteiger partial charge is 0.357 e. The van der Waals surface area contributed by atoms with Crippen LogP contribution in [0.5, 0.6) is 0 Å². The second-order valence-corrected chi connectivity index (χ2v) is 4.71. The first-order valence-corrected chi connectivity index (χ1v) is 6.13. The molecule has 2 rings (SSSR count). The van der Waals surface area contributed by atoms with Gasteiger partial charge in [0.15, 0.2) is 0 Å². The quantitative estimate of drug-likeness (QED) is 0.875. The number of aromatic nitrogens is 2. The summed E-state index contributed by atoms with van der Waals surface area (Å²) in [4.78, 5) is 8.26. The van der Waals surface area contributed by atoms with Crippen LogP contribution < -0.4 is 5.32 Å². The topological polar surface area (TPSA) is 37.8 Å². The molecule has 1 heterocycles. The van der Waals surface area contributed by atoms with Gasteiger partial charge in [0.25, 0.3) is 0 Å². The highest BCUT2D eigenvalue weighted by Crippen LogP contribution is 2.33. The summed E-state index contributed by atoms with van der Waals surface area (Å²) in [5.74, 6) is -0.897. The average Bonchev–Trinajstić information content (AvgIpc) is 2.35. The lowest BCUT2D eigenvalue weighted by molar-refractivity contribution is 0.565. The number of nitrogens with one attached hydrogen (secondary N) is 1. The monoisotopic (exact) mass is 287 g/mol. The first kappa shape index (κ1) is 13.0. The van der Waals surface area contributed by atoms with E-state index in [0.29, 0.717) is 16.0 Å². The molecular weight excluding hydrogens is 280 g/mol. The van der Waals surface area contributed by atoms with Crippen molar-refractivity contribution in [3.63, 3.8) is 0 Å². The van der Waals surface area contributed by atoms with Gasteiger partial charge in [0.05, 0.1) is 11.2 Å². The van der Waals surface area contributed by atoms with Crippen LogP contribution in [0.15, 0.2) is 34.3 Å². The first-order chi connectivity index (χ1) is 8.60. The Morgan fingerprint density at radius 2 is 2.11 bits per heavy atom. The molecule has 3 nitrogen and oxygen atoms in total. The van der Waals surface area contributed by atoms with Crippen molar-refractivity contribution in [3.05, 3.63) is 41.1 Å². The van der Waals surface area contributed by atoms with E-state index in [1.807, 2.05) is 0 Å². The van der Waals surface area contributed by atoms with Gasteiger partial charge in [-0.25, -0.2) is 18.7 Å². The van der Waals surface area contributed by atoms with Gasteiger partial charge in [-0.1, -0.05) is 23.4 Å². The minimum atomic E-state index is -0.652. The molecular formula is C11H8ClF2N3S. The Morgan fingerprint density at radius 3 is 2.78 bits per heavy atom. The highest BCUT2D eigenvalue weighted by molar-refractivity contribution is 7.99. The number of hydrogen-bond acceptors (Lipinski definition) is 4. The van der Waals surface area contributed by atoms with Gasteiger partial charge in [0, 0.05) is 18.0 Å². The van der Waals surface area contributed by atoms with E-state index in [2.05, 4.69) is 15.3 Å². The molecule has 0 fully saturated rings. The Bertz CT molecular complexity index is 580. The van der Waals surface area contributed by atoms with Crippen molar-refractivity contribution in [3.8, 4) is 0 Å². The zero-order chi connectivity index (χ0) is 13.1. The van der Waals surface area contributed by atoms with E-state index >= 15 is 0 Å². The zero-order valence-corrected chi connectivity index (χ0v) is 10.8. The summed E-state index contributed by atoms with van der Waals surface area (Å²) in [7, 11) is 1.66. The SMILES string of the molecule is CNc1ncc(Cl)c(Sc2ccc(F)cc2F)n1. The number of benzene rings is 1. The number of anilines is 1. The highest BCUT2D eigenvalue weighted by Gasteiger charge is 2.11. The molecule has 2 aromatic rings. The van der Waals surface area contributed by atoms with Crippen LogP contribution >= 0.6 is 23.4 Å². The first-order valence-electron chi connectivity index (χ1n) is 4.93. The number of halogens is 3. The molecule has 0 saturated heterocycles. The summed E-state index contributed by atoms with van der Waals surface area (Å²) in [5, 5.41) is 3.47. The van der Waals surface area contributed by atoms with Crippen molar-refractivity contribution in [2.45, 2.75) is 9.92 Å². The summed E-state index contributed by atoms with van der Waals surface area (Å²) in [6, 6.07) is 3.34. The molecule has 94 valence electrons. The minimum absolute atomic E-state index is 0.249. The fourth-order valence-corrected chi connectivity index (χ4v) is 2.20. The molecule has 0 bridgehead atoms. The molecule has 0 amide bonds. The van der Waals surface area contributed by atoms with Crippen LogP contribution in [0.1, 0.15) is 0 Å². The predicted octanol–water partition coefficient (Wildman–Crippen LogP) is 3.60. The second kappa shape index (κ2) is 5.49. The summed E-state index contributed by atoms with van der Waals surface area (Å²) >= 11 is 6.93. The van der Waals surface area contributed by atoms with Gasteiger partial charge >= 0.3 is 0 Å². The van der Waals surface area contributed by atoms with E-state index < -0.39 is 11.6 Å². The van der Waals surface area contributed by atoms with E-state index in [4.69, 9.17) is 11.6 Å². The lowest BCUT2D eigenvalue weighted by Crippen LogP contribution is -1.97. The van der Waals surface area contributed by atoms with Crippen molar-refractivity contribution in [1.82, 2.24) is 9.97 Å². The molecule has 0 aliphatic carbocycles. The summed E-state index contributed by atoms with van der Waals surface area (Å²) in [5.41, 5.74) is 0. The fraction of sp³-hybridized carbons (Fsp3) is 0.0909. The van der Waals surface area contributed by atoms with Crippen LogP contribution in [0, 0.1) is 11.6 Å². The van der Waals surface area contributed by atoms with Crippen molar-refractivity contribution in [2.24, 2.45) is 0 Å². The molecule has 0 unspecified atom stereocenters. The molecule has 0 aliphatic heterocycles. The molecule has 0 aliphatic rings. The third-order valence-electron chi connectivity index (χ3n) is 2.04. The normalized spacial score (nSPS) is 10.4. The zero-order valence-electron chi connectivity index (χ0n) is 9.25. The van der Waals surface area contributed by atoms with Gasteiger partial charge in [-0.2, -0.15) is 0 Å². The lowest BCUT2D eigenvalue weighted by atomic mass is 10.3. The Hall–Kier alpha value is -1.40. The van der Waals surface area contributed by atoms with Crippen LogP contribution in [0.2, 0.25) is 5.02 Å². The third kappa shape index (κ3) is 2.88. The van der Waals surface area contributed by atoms with Crippen LogP contribution in [0.4, 0.5) is 14.7 Å². The van der Waals surface area contributed by atoms with Crippen LogP contribution in [0.3, 0.4) is 0 Å². The molecule has 0 saturated carbocycles. The van der Waals surface area contributed by atoms with E-state index in [-0.39, 0.29) is 4.90 Å². The molecule has 0 atom stereocenters. The second-order valence-electron chi connectivity index (χ2n) is 3.27. The lowest BCUT2D eigenvalue weighted by Gasteiger charge is -2.06. The Balaban J connectivity index is 2.33. The van der Waals surface area contributed by atoms with Gasteiger partial charge in [-0.05, 0) is 12.1 Å². The van der Waals surface area contributed by atoms with Crippen molar-refractivity contribution in [1.29, 1.82) is 0 Å². The smallest absolute Gasteiger partial charge is 0.223 e. The Morgan fingerprint density at radius 1 is 1.33 bits per heavy atom. The maximum absolute atomic E-state index is 13.5. The summed E-state index contributed by atoms with van der Waals surface area (Å²) < 4.78 is 26.3. The van der Waals surface area contributed by atoms with Gasteiger partial charge in [-0.15, -0.1) is 0 Å². The predicted molar refractivity (Wildman–Crippen MR) is 67.1 cm³/mol. The van der Waals surface area contributed by atoms with E-state index in [1.54, 1.807) is 7.05 Å². The van der Waals surface area contributed by atoms with Gasteiger partial charge in [-0.3, -0.25) is 0 Å². The molecule has 1 N–H and O–H groups in total. The molecule has 7 heteroatoms. The molecule has 1 aromatic carbocycles. The third-order valence-corrected chi connectivity index (χ3v) is 3.48. The standard InChI is InChI=1S/C11H8ClF2N3S/c1-15-11-16-5-7(12)10(17-11)18-9-3-2-6(13)4-8(9)14/h2-5H,1H3,(H,15,16,17). The maximum atomic E-state index is 13.5. The van der Waals surface area contributed by atoms with Crippen LogP contribution in [-0.2, 0) is 0 Å². The minimum Gasteiger partial charge on any atom is -0.357 e.